The molecule has 7 heteroatoms. The van der Waals surface area contributed by atoms with Gasteiger partial charge < -0.3 is 4.90 Å². The smallest absolute Gasteiger partial charge is 0.337 e. The minimum Gasteiger partial charge on any atom is -0.337 e. The van der Waals surface area contributed by atoms with Crippen LogP contribution < -0.4 is 0 Å². The van der Waals surface area contributed by atoms with Crippen molar-refractivity contribution >= 4 is 5.91 Å². The van der Waals surface area contributed by atoms with Crippen molar-refractivity contribution in [3.05, 3.63) is 83.7 Å². The van der Waals surface area contributed by atoms with Gasteiger partial charge in [-0.3, -0.25) is 4.79 Å². The Morgan fingerprint density at radius 1 is 1.08 bits per heavy atom. The van der Waals surface area contributed by atoms with Crippen LogP contribution in [-0.2, 0) is 12.7 Å². The minimum atomic E-state index is -4.45. The van der Waals surface area contributed by atoms with Crippen molar-refractivity contribution in [1.82, 2.24) is 14.7 Å². The van der Waals surface area contributed by atoms with Crippen LogP contribution in [0, 0.1) is 0 Å². The van der Waals surface area contributed by atoms with E-state index in [1.165, 1.54) is 30.1 Å². The zero-order chi connectivity index (χ0) is 18.7. The molecule has 134 valence electrons. The van der Waals surface area contributed by atoms with Gasteiger partial charge in [-0.15, -0.1) is 0 Å². The molecule has 0 aliphatic carbocycles. The molecule has 0 fully saturated rings. The maximum atomic E-state index is 13.1. The first-order valence-electron chi connectivity index (χ1n) is 7.87. The van der Waals surface area contributed by atoms with Gasteiger partial charge in [0.05, 0.1) is 11.3 Å². The van der Waals surface area contributed by atoms with Gasteiger partial charge in [-0.1, -0.05) is 18.2 Å². The topological polar surface area (TPSA) is 38.1 Å². The number of carbonyl (C=O) groups excluding carboxylic acids is 1. The standard InChI is InChI=1S/C19H16F3N3O/c1-24(13-15-5-2-3-6-17(15)19(20,21)22)18(26)14-7-9-16(10-8-14)25-12-4-11-23-25/h2-12H,13H2,1H3. The van der Waals surface area contributed by atoms with Crippen molar-refractivity contribution in [3.63, 3.8) is 0 Å². The monoisotopic (exact) mass is 359 g/mol. The molecule has 0 atom stereocenters. The predicted molar refractivity (Wildman–Crippen MR) is 90.8 cm³/mol. The lowest BCUT2D eigenvalue weighted by atomic mass is 10.1. The Kier molecular flexibility index (Phi) is 4.79. The first kappa shape index (κ1) is 17.7. The van der Waals surface area contributed by atoms with E-state index in [2.05, 4.69) is 5.10 Å². The molecule has 2 aromatic carbocycles. The highest BCUT2D eigenvalue weighted by atomic mass is 19.4. The summed E-state index contributed by atoms with van der Waals surface area (Å²) in [5.41, 5.74) is 0.516. The highest BCUT2D eigenvalue weighted by molar-refractivity contribution is 5.94. The number of rotatable bonds is 4. The number of carbonyl (C=O) groups is 1. The number of hydrogen-bond acceptors (Lipinski definition) is 2. The maximum absolute atomic E-state index is 13.1. The molecule has 0 bridgehead atoms. The second kappa shape index (κ2) is 7.03. The first-order chi connectivity index (χ1) is 12.4. The van der Waals surface area contributed by atoms with Crippen molar-refractivity contribution in [2.45, 2.75) is 12.7 Å². The largest absolute Gasteiger partial charge is 0.416 e. The molecular weight excluding hydrogens is 343 g/mol. The van der Waals surface area contributed by atoms with Gasteiger partial charge in [-0.25, -0.2) is 4.68 Å². The number of nitrogens with zero attached hydrogens (tertiary/aromatic N) is 3. The van der Waals surface area contributed by atoms with E-state index in [9.17, 15) is 18.0 Å². The van der Waals surface area contributed by atoms with Gasteiger partial charge >= 0.3 is 6.18 Å². The summed E-state index contributed by atoms with van der Waals surface area (Å²) in [6.07, 6.45) is -1.03. The van der Waals surface area contributed by atoms with Gasteiger partial charge in [0.2, 0.25) is 0 Å². The predicted octanol–water partition coefficient (Wildman–Crippen LogP) is 4.16. The van der Waals surface area contributed by atoms with Crippen LogP contribution >= 0.6 is 0 Å². The third-order valence-electron chi connectivity index (χ3n) is 3.96. The molecule has 0 aliphatic heterocycles. The zero-order valence-electron chi connectivity index (χ0n) is 13.9. The van der Waals surface area contributed by atoms with Gasteiger partial charge in [0.25, 0.3) is 5.91 Å². The van der Waals surface area contributed by atoms with Crippen LogP contribution in [0.5, 0.6) is 0 Å². The lowest BCUT2D eigenvalue weighted by molar-refractivity contribution is -0.138. The van der Waals surface area contributed by atoms with Crippen LogP contribution in [0.1, 0.15) is 21.5 Å². The van der Waals surface area contributed by atoms with E-state index >= 15 is 0 Å². The molecule has 26 heavy (non-hydrogen) atoms. The van der Waals surface area contributed by atoms with Crippen molar-refractivity contribution in [1.29, 1.82) is 0 Å². The summed E-state index contributed by atoms with van der Waals surface area (Å²) in [5, 5.41) is 4.10. The number of amides is 1. The maximum Gasteiger partial charge on any atom is 0.416 e. The Morgan fingerprint density at radius 2 is 1.77 bits per heavy atom. The van der Waals surface area contributed by atoms with Crippen LogP contribution in [0.3, 0.4) is 0 Å². The first-order valence-corrected chi connectivity index (χ1v) is 7.87. The molecule has 3 aromatic rings. The molecule has 0 radical (unpaired) electrons. The third-order valence-corrected chi connectivity index (χ3v) is 3.96. The fraction of sp³-hybridized carbons (Fsp3) is 0.158. The van der Waals surface area contributed by atoms with Crippen LogP contribution in [0.25, 0.3) is 5.69 Å². The van der Waals surface area contributed by atoms with E-state index in [4.69, 9.17) is 0 Å². The number of hydrogen-bond donors (Lipinski definition) is 0. The van der Waals surface area contributed by atoms with Crippen LogP contribution in [0.4, 0.5) is 13.2 Å². The second-order valence-electron chi connectivity index (χ2n) is 5.81. The number of benzene rings is 2. The molecule has 1 amide bonds. The normalized spacial score (nSPS) is 11.4. The summed E-state index contributed by atoms with van der Waals surface area (Å²) in [6, 6.07) is 13.8. The fourth-order valence-electron chi connectivity index (χ4n) is 2.66. The molecule has 3 rings (SSSR count). The van der Waals surface area contributed by atoms with Crippen LogP contribution in [0.15, 0.2) is 67.0 Å². The number of halogens is 3. The fourth-order valence-corrected chi connectivity index (χ4v) is 2.66. The highest BCUT2D eigenvalue weighted by Crippen LogP contribution is 2.32. The summed E-state index contributed by atoms with van der Waals surface area (Å²) in [4.78, 5) is 13.8. The van der Waals surface area contributed by atoms with Crippen molar-refractivity contribution in [3.8, 4) is 5.69 Å². The molecule has 1 heterocycles. The molecule has 0 aliphatic rings. The zero-order valence-corrected chi connectivity index (χ0v) is 13.9. The molecule has 0 unspecified atom stereocenters. The average molecular weight is 359 g/mol. The van der Waals surface area contributed by atoms with E-state index < -0.39 is 11.7 Å². The summed E-state index contributed by atoms with van der Waals surface area (Å²) < 4.78 is 40.9. The van der Waals surface area contributed by atoms with Gasteiger partial charge in [0.15, 0.2) is 0 Å². The molecule has 0 spiro atoms. The van der Waals surface area contributed by atoms with Crippen molar-refractivity contribution in [2.75, 3.05) is 7.05 Å². The molecule has 0 saturated carbocycles. The lowest BCUT2D eigenvalue weighted by Gasteiger charge is -2.20. The van der Waals surface area contributed by atoms with Gasteiger partial charge in [0.1, 0.15) is 0 Å². The van der Waals surface area contributed by atoms with Crippen molar-refractivity contribution in [2.24, 2.45) is 0 Å². The average Bonchev–Trinajstić information content (AvgIpc) is 3.15. The summed E-state index contributed by atoms with van der Waals surface area (Å²) >= 11 is 0. The van der Waals surface area contributed by atoms with Crippen LogP contribution in [-0.4, -0.2) is 27.6 Å². The Bertz CT molecular complexity index is 887. The second-order valence-corrected chi connectivity index (χ2v) is 5.81. The Morgan fingerprint density at radius 3 is 2.38 bits per heavy atom. The SMILES string of the molecule is CN(Cc1ccccc1C(F)(F)F)C(=O)c1ccc(-n2cccn2)cc1. The Labute approximate surface area is 148 Å². The molecule has 1 aromatic heterocycles. The highest BCUT2D eigenvalue weighted by Gasteiger charge is 2.33. The van der Waals surface area contributed by atoms with Gasteiger partial charge in [-0.05, 0) is 42.0 Å². The Hall–Kier alpha value is -3.09. The number of aromatic nitrogens is 2. The molecule has 0 N–H and O–H groups in total. The van der Waals surface area contributed by atoms with E-state index in [0.29, 0.717) is 5.56 Å². The molecular formula is C19H16F3N3O. The van der Waals surface area contributed by atoms with E-state index in [0.717, 1.165) is 11.8 Å². The van der Waals surface area contributed by atoms with E-state index in [1.807, 2.05) is 0 Å². The van der Waals surface area contributed by atoms with Crippen molar-refractivity contribution < 1.29 is 18.0 Å². The van der Waals surface area contributed by atoms with Gasteiger partial charge in [-0.2, -0.15) is 18.3 Å². The lowest BCUT2D eigenvalue weighted by Crippen LogP contribution is -2.27. The molecule has 4 nitrogen and oxygen atoms in total. The van der Waals surface area contributed by atoms with E-state index in [1.54, 1.807) is 47.4 Å². The summed E-state index contributed by atoms with van der Waals surface area (Å²) in [5.74, 6) is -0.353. The third kappa shape index (κ3) is 3.77. The summed E-state index contributed by atoms with van der Waals surface area (Å²) in [7, 11) is 1.48. The van der Waals surface area contributed by atoms with E-state index in [-0.39, 0.29) is 18.0 Å². The number of alkyl halides is 3. The Balaban J connectivity index is 1.77. The molecule has 0 saturated heterocycles. The van der Waals surface area contributed by atoms with Gasteiger partial charge in [0, 0.05) is 31.5 Å². The minimum absolute atomic E-state index is 0.0593. The van der Waals surface area contributed by atoms with Crippen LogP contribution in [0.2, 0.25) is 0 Å². The quantitative estimate of drug-likeness (QED) is 0.701. The summed E-state index contributed by atoms with van der Waals surface area (Å²) in [6.45, 7) is -0.130.